The van der Waals surface area contributed by atoms with Crippen LogP contribution in [0, 0.1) is 0 Å². The second kappa shape index (κ2) is 5.80. The highest BCUT2D eigenvalue weighted by molar-refractivity contribution is 5.70. The number of hydrogen-bond acceptors (Lipinski definition) is 3. The normalized spacial score (nSPS) is 17.3. The summed E-state index contributed by atoms with van der Waals surface area (Å²) in [6.07, 6.45) is 4.32. The summed E-state index contributed by atoms with van der Waals surface area (Å²) in [5.41, 5.74) is 2.15. The van der Waals surface area contributed by atoms with Crippen LogP contribution in [0.4, 0.5) is 0 Å². The molecule has 0 spiro atoms. The molecule has 0 bridgehead atoms. The van der Waals surface area contributed by atoms with Crippen LogP contribution in [-0.4, -0.2) is 24.4 Å². The van der Waals surface area contributed by atoms with E-state index in [2.05, 4.69) is 0 Å². The zero-order valence-corrected chi connectivity index (χ0v) is 11.0. The van der Waals surface area contributed by atoms with E-state index in [1.165, 1.54) is 0 Å². The third kappa shape index (κ3) is 3.62. The van der Waals surface area contributed by atoms with Gasteiger partial charge in [0.15, 0.2) is 0 Å². The van der Waals surface area contributed by atoms with Gasteiger partial charge < -0.3 is 14.6 Å². The average Bonchev–Trinajstić information content (AvgIpc) is 3.30. The minimum absolute atomic E-state index is 0.281. The highest BCUT2D eigenvalue weighted by Crippen LogP contribution is 2.17. The van der Waals surface area contributed by atoms with Gasteiger partial charge in [-0.25, -0.2) is 0 Å². The van der Waals surface area contributed by atoms with Crippen LogP contribution in [-0.2, 0) is 4.74 Å². The largest absolute Gasteiger partial charge is 0.508 e. The van der Waals surface area contributed by atoms with E-state index in [0.29, 0.717) is 6.61 Å². The summed E-state index contributed by atoms with van der Waals surface area (Å²) in [5, 5.41) is 9.22. The first-order chi connectivity index (χ1) is 9.79. The van der Waals surface area contributed by atoms with Crippen molar-refractivity contribution < 1.29 is 14.6 Å². The molecule has 102 valence electrons. The van der Waals surface area contributed by atoms with Crippen LogP contribution < -0.4 is 4.74 Å². The van der Waals surface area contributed by atoms with Crippen LogP contribution in [0.15, 0.2) is 48.5 Å². The van der Waals surface area contributed by atoms with Crippen LogP contribution in [0.1, 0.15) is 11.1 Å². The fourth-order valence-electron chi connectivity index (χ4n) is 1.81. The summed E-state index contributed by atoms with van der Waals surface area (Å²) in [7, 11) is 0. The molecule has 1 atom stereocenters. The summed E-state index contributed by atoms with van der Waals surface area (Å²) >= 11 is 0. The van der Waals surface area contributed by atoms with Crippen LogP contribution in [0.2, 0.25) is 0 Å². The Labute approximate surface area is 118 Å². The Morgan fingerprint density at radius 3 is 2.10 bits per heavy atom. The smallest absolute Gasteiger partial charge is 0.119 e. The first-order valence-electron chi connectivity index (χ1n) is 6.61. The van der Waals surface area contributed by atoms with E-state index < -0.39 is 0 Å². The van der Waals surface area contributed by atoms with Gasteiger partial charge in [0.05, 0.1) is 6.61 Å². The van der Waals surface area contributed by atoms with Gasteiger partial charge in [0.1, 0.15) is 24.2 Å². The Hall–Kier alpha value is -2.26. The number of phenols is 1. The zero-order valence-electron chi connectivity index (χ0n) is 11.0. The molecule has 1 heterocycles. The van der Waals surface area contributed by atoms with Gasteiger partial charge in [-0.2, -0.15) is 0 Å². The lowest BCUT2D eigenvalue weighted by Crippen LogP contribution is -2.03. The van der Waals surface area contributed by atoms with E-state index in [1.54, 1.807) is 12.1 Å². The third-order valence-electron chi connectivity index (χ3n) is 3.08. The number of benzene rings is 2. The highest BCUT2D eigenvalue weighted by atomic mass is 16.6. The van der Waals surface area contributed by atoms with Crippen molar-refractivity contribution in [3.63, 3.8) is 0 Å². The number of aromatic hydroxyl groups is 1. The lowest BCUT2D eigenvalue weighted by Gasteiger charge is -2.03. The molecule has 3 nitrogen and oxygen atoms in total. The summed E-state index contributed by atoms with van der Waals surface area (Å²) < 4.78 is 10.7. The van der Waals surface area contributed by atoms with E-state index >= 15 is 0 Å². The van der Waals surface area contributed by atoms with Crippen molar-refractivity contribution in [2.24, 2.45) is 0 Å². The SMILES string of the molecule is Oc1ccc(C=Cc2ccc(OCC3CO3)cc2)cc1. The molecular weight excluding hydrogens is 252 g/mol. The zero-order chi connectivity index (χ0) is 13.8. The standard InChI is InChI=1S/C17H16O3/c18-15-7-3-13(4-8-15)1-2-14-5-9-16(10-6-14)19-11-17-12-20-17/h1-10,17-18H,11-12H2. The summed E-state index contributed by atoms with van der Waals surface area (Å²) in [5.74, 6) is 1.14. The van der Waals surface area contributed by atoms with Crippen LogP contribution in [0.25, 0.3) is 12.2 Å². The lowest BCUT2D eigenvalue weighted by molar-refractivity contribution is 0.263. The maximum Gasteiger partial charge on any atom is 0.119 e. The monoisotopic (exact) mass is 268 g/mol. The number of epoxide rings is 1. The Bertz CT molecular complexity index is 581. The first kappa shape index (κ1) is 12.8. The van der Waals surface area contributed by atoms with E-state index in [1.807, 2.05) is 48.6 Å². The topological polar surface area (TPSA) is 42.0 Å². The van der Waals surface area contributed by atoms with E-state index in [0.717, 1.165) is 23.5 Å². The van der Waals surface area contributed by atoms with Gasteiger partial charge in [-0.15, -0.1) is 0 Å². The molecule has 3 heteroatoms. The van der Waals surface area contributed by atoms with E-state index in [4.69, 9.17) is 9.47 Å². The molecule has 0 radical (unpaired) electrons. The quantitative estimate of drug-likeness (QED) is 0.668. The fourth-order valence-corrected chi connectivity index (χ4v) is 1.81. The molecule has 2 aromatic carbocycles. The Morgan fingerprint density at radius 2 is 1.55 bits per heavy atom. The average molecular weight is 268 g/mol. The molecular formula is C17H16O3. The summed E-state index contributed by atoms with van der Waals surface area (Å²) in [6.45, 7) is 1.44. The second-order valence-corrected chi connectivity index (χ2v) is 4.76. The van der Waals surface area contributed by atoms with Gasteiger partial charge in [-0.05, 0) is 35.4 Å². The van der Waals surface area contributed by atoms with Crippen molar-refractivity contribution in [2.75, 3.05) is 13.2 Å². The highest BCUT2D eigenvalue weighted by Gasteiger charge is 2.22. The lowest BCUT2D eigenvalue weighted by atomic mass is 10.1. The van der Waals surface area contributed by atoms with Crippen molar-refractivity contribution in [1.29, 1.82) is 0 Å². The molecule has 0 saturated carbocycles. The van der Waals surface area contributed by atoms with Crippen molar-refractivity contribution >= 4 is 12.2 Å². The molecule has 1 N–H and O–H groups in total. The minimum Gasteiger partial charge on any atom is -0.508 e. The molecule has 2 aromatic rings. The van der Waals surface area contributed by atoms with Crippen LogP contribution in [0.3, 0.4) is 0 Å². The first-order valence-corrected chi connectivity index (χ1v) is 6.61. The number of phenolic OH excluding ortho intramolecular Hbond substituents is 1. The van der Waals surface area contributed by atoms with E-state index in [-0.39, 0.29) is 11.9 Å². The van der Waals surface area contributed by atoms with Crippen LogP contribution >= 0.6 is 0 Å². The molecule has 1 fully saturated rings. The molecule has 0 amide bonds. The van der Waals surface area contributed by atoms with Gasteiger partial charge in [0.25, 0.3) is 0 Å². The van der Waals surface area contributed by atoms with Crippen molar-refractivity contribution in [3.05, 3.63) is 59.7 Å². The van der Waals surface area contributed by atoms with Gasteiger partial charge in [-0.3, -0.25) is 0 Å². The molecule has 1 saturated heterocycles. The van der Waals surface area contributed by atoms with Crippen molar-refractivity contribution in [1.82, 2.24) is 0 Å². The second-order valence-electron chi connectivity index (χ2n) is 4.76. The van der Waals surface area contributed by atoms with Gasteiger partial charge in [0, 0.05) is 0 Å². The van der Waals surface area contributed by atoms with Crippen molar-refractivity contribution in [3.8, 4) is 11.5 Å². The van der Waals surface area contributed by atoms with Crippen LogP contribution in [0.5, 0.6) is 11.5 Å². The molecule has 20 heavy (non-hydrogen) atoms. The maximum atomic E-state index is 9.22. The molecule has 1 aliphatic rings. The predicted octanol–water partition coefficient (Wildman–Crippen LogP) is 3.34. The molecule has 1 unspecified atom stereocenters. The van der Waals surface area contributed by atoms with Crippen molar-refractivity contribution in [2.45, 2.75) is 6.10 Å². The molecule has 3 rings (SSSR count). The van der Waals surface area contributed by atoms with Gasteiger partial charge >= 0.3 is 0 Å². The maximum absolute atomic E-state index is 9.22. The Balaban J connectivity index is 1.60. The molecule has 1 aliphatic heterocycles. The Kier molecular flexibility index (Phi) is 3.70. The fraction of sp³-hybridized carbons (Fsp3) is 0.176. The molecule has 0 aliphatic carbocycles. The third-order valence-corrected chi connectivity index (χ3v) is 3.08. The minimum atomic E-state index is 0.281. The number of hydrogen-bond donors (Lipinski definition) is 1. The summed E-state index contributed by atoms with van der Waals surface area (Å²) in [4.78, 5) is 0. The number of ether oxygens (including phenoxy) is 2. The van der Waals surface area contributed by atoms with E-state index in [9.17, 15) is 5.11 Å². The summed E-state index contributed by atoms with van der Waals surface area (Å²) in [6, 6.07) is 15.0. The molecule has 0 aromatic heterocycles. The number of rotatable bonds is 5. The Morgan fingerprint density at radius 1 is 1.00 bits per heavy atom. The van der Waals surface area contributed by atoms with Gasteiger partial charge in [-0.1, -0.05) is 36.4 Å². The van der Waals surface area contributed by atoms with Gasteiger partial charge in [0.2, 0.25) is 0 Å². The predicted molar refractivity (Wildman–Crippen MR) is 78.7 cm³/mol.